The number of aliphatic hydroxyl groups is 1. The van der Waals surface area contributed by atoms with Crippen LogP contribution in [-0.4, -0.2) is 31.0 Å². The summed E-state index contributed by atoms with van der Waals surface area (Å²) in [6, 6.07) is 18.8. The number of H-pyrrole nitrogens is 1. The van der Waals surface area contributed by atoms with Gasteiger partial charge in [0.05, 0.1) is 16.8 Å². The second-order valence-electron chi connectivity index (χ2n) is 5.56. The number of hydrogen-bond acceptors (Lipinski definition) is 7. The number of hydrogen-bond donors (Lipinski definition) is 2. The van der Waals surface area contributed by atoms with E-state index in [1.807, 2.05) is 60.7 Å². The Morgan fingerprint density at radius 2 is 1.89 bits per heavy atom. The zero-order chi connectivity index (χ0) is 18.6. The molecule has 4 rings (SSSR count). The fourth-order valence-corrected chi connectivity index (χ4v) is 3.13. The van der Waals surface area contributed by atoms with Gasteiger partial charge in [0.15, 0.2) is 5.82 Å². The SMILES string of the molecule is N#C/C(=C(/O)CSc1nnc(-c2ccccc2)o1)c1nc2ccccc2[nH]1. The maximum atomic E-state index is 10.4. The van der Waals surface area contributed by atoms with Crippen LogP contribution in [0.1, 0.15) is 5.82 Å². The van der Waals surface area contributed by atoms with Crippen LogP contribution >= 0.6 is 11.8 Å². The topological polar surface area (TPSA) is 112 Å². The van der Waals surface area contributed by atoms with Gasteiger partial charge >= 0.3 is 0 Å². The molecule has 0 fully saturated rings. The Bertz CT molecular complexity index is 1120. The Morgan fingerprint density at radius 1 is 1.11 bits per heavy atom. The first-order valence-electron chi connectivity index (χ1n) is 8.03. The summed E-state index contributed by atoms with van der Waals surface area (Å²) in [6.07, 6.45) is 0. The monoisotopic (exact) mass is 375 g/mol. The van der Waals surface area contributed by atoms with Crippen molar-refractivity contribution in [3.05, 3.63) is 66.2 Å². The summed E-state index contributed by atoms with van der Waals surface area (Å²) in [5.41, 5.74) is 2.42. The minimum atomic E-state index is -0.110. The molecule has 27 heavy (non-hydrogen) atoms. The smallest absolute Gasteiger partial charge is 0.277 e. The number of nitriles is 1. The van der Waals surface area contributed by atoms with Gasteiger partial charge in [-0.1, -0.05) is 42.1 Å². The minimum Gasteiger partial charge on any atom is -0.510 e. The van der Waals surface area contributed by atoms with Crippen molar-refractivity contribution in [2.45, 2.75) is 5.22 Å². The van der Waals surface area contributed by atoms with Crippen LogP contribution in [-0.2, 0) is 0 Å². The van der Waals surface area contributed by atoms with Crippen molar-refractivity contribution in [3.8, 4) is 17.5 Å². The molecule has 2 heterocycles. The fourth-order valence-electron chi connectivity index (χ4n) is 2.49. The molecule has 0 aliphatic rings. The highest BCUT2D eigenvalue weighted by Gasteiger charge is 2.15. The Kier molecular flexibility index (Phi) is 4.60. The second-order valence-corrected chi connectivity index (χ2v) is 6.49. The van der Waals surface area contributed by atoms with Crippen molar-refractivity contribution >= 4 is 28.4 Å². The zero-order valence-corrected chi connectivity index (χ0v) is 14.8. The number of nitrogens with one attached hydrogen (secondary N) is 1. The van der Waals surface area contributed by atoms with Crippen LogP contribution in [0.2, 0.25) is 0 Å². The Labute approximate surface area is 158 Å². The Morgan fingerprint density at radius 3 is 2.67 bits per heavy atom. The summed E-state index contributed by atoms with van der Waals surface area (Å²) >= 11 is 1.15. The number of thioether (sulfide) groups is 1. The lowest BCUT2D eigenvalue weighted by atomic mass is 10.2. The summed E-state index contributed by atoms with van der Waals surface area (Å²) in [6.45, 7) is 0. The second kappa shape index (κ2) is 7.35. The number of nitrogens with zero attached hydrogens (tertiary/aromatic N) is 4. The van der Waals surface area contributed by atoms with Crippen LogP contribution in [0.25, 0.3) is 28.1 Å². The lowest BCUT2D eigenvalue weighted by Gasteiger charge is -2.00. The molecule has 0 saturated heterocycles. The lowest BCUT2D eigenvalue weighted by molar-refractivity contribution is 0.418. The maximum absolute atomic E-state index is 10.4. The molecular formula is C19H13N5O2S. The summed E-state index contributed by atoms with van der Waals surface area (Å²) in [5, 5.41) is 28.1. The van der Waals surface area contributed by atoms with Crippen molar-refractivity contribution in [2.75, 3.05) is 5.75 Å². The molecule has 0 unspecified atom stereocenters. The molecule has 0 bridgehead atoms. The summed E-state index contributed by atoms with van der Waals surface area (Å²) < 4.78 is 5.59. The predicted octanol–water partition coefficient (Wildman–Crippen LogP) is 4.20. The van der Waals surface area contributed by atoms with Crippen LogP contribution < -0.4 is 0 Å². The van der Waals surface area contributed by atoms with E-state index in [9.17, 15) is 10.4 Å². The molecule has 0 aliphatic heterocycles. The maximum Gasteiger partial charge on any atom is 0.277 e. The van der Waals surface area contributed by atoms with E-state index in [-0.39, 0.29) is 17.1 Å². The van der Waals surface area contributed by atoms with E-state index in [1.54, 1.807) is 0 Å². The van der Waals surface area contributed by atoms with E-state index in [4.69, 9.17) is 4.42 Å². The molecule has 0 radical (unpaired) electrons. The Balaban J connectivity index is 1.53. The normalized spacial score (nSPS) is 12.0. The van der Waals surface area contributed by atoms with E-state index < -0.39 is 0 Å². The molecule has 0 aliphatic carbocycles. The molecule has 2 aromatic heterocycles. The van der Waals surface area contributed by atoms with E-state index in [2.05, 4.69) is 20.2 Å². The van der Waals surface area contributed by atoms with Gasteiger partial charge in [0.25, 0.3) is 5.22 Å². The molecule has 132 valence electrons. The average Bonchev–Trinajstić information content (AvgIpc) is 3.34. The molecule has 0 atom stereocenters. The predicted molar refractivity (Wildman–Crippen MR) is 102 cm³/mol. The highest BCUT2D eigenvalue weighted by atomic mass is 32.2. The number of para-hydroxylation sites is 2. The molecule has 0 spiro atoms. The highest BCUT2D eigenvalue weighted by molar-refractivity contribution is 7.99. The number of allylic oxidation sites excluding steroid dienone is 1. The number of rotatable bonds is 5. The quantitative estimate of drug-likeness (QED) is 0.305. The van der Waals surface area contributed by atoms with Crippen molar-refractivity contribution in [1.82, 2.24) is 20.2 Å². The molecule has 2 aromatic carbocycles. The van der Waals surface area contributed by atoms with Crippen molar-refractivity contribution in [3.63, 3.8) is 0 Å². The lowest BCUT2D eigenvalue weighted by Crippen LogP contribution is -1.95. The van der Waals surface area contributed by atoms with Crippen molar-refractivity contribution < 1.29 is 9.52 Å². The molecule has 8 heteroatoms. The Hall–Kier alpha value is -3.57. The van der Waals surface area contributed by atoms with Gasteiger partial charge in [-0.3, -0.25) is 0 Å². The third-order valence-electron chi connectivity index (χ3n) is 3.79. The standard InChI is InChI=1S/C19H13N5O2S/c20-10-13(17-21-14-8-4-5-9-15(14)22-17)16(25)11-27-19-24-23-18(26-19)12-6-2-1-3-7-12/h1-9,25H,11H2,(H,21,22)/b16-13-. The number of aromatic amines is 1. The van der Waals surface area contributed by atoms with Gasteiger partial charge in [-0.25, -0.2) is 4.98 Å². The highest BCUT2D eigenvalue weighted by Crippen LogP contribution is 2.26. The molecule has 2 N–H and O–H groups in total. The number of imidazole rings is 1. The summed E-state index contributed by atoms with van der Waals surface area (Å²) in [4.78, 5) is 7.39. The van der Waals surface area contributed by atoms with E-state index >= 15 is 0 Å². The average molecular weight is 375 g/mol. The molecule has 0 amide bonds. The van der Waals surface area contributed by atoms with Gasteiger partial charge in [-0.2, -0.15) is 5.26 Å². The van der Waals surface area contributed by atoms with Crippen LogP contribution in [0.5, 0.6) is 0 Å². The number of aliphatic hydroxyl groups excluding tert-OH is 1. The molecular weight excluding hydrogens is 362 g/mol. The van der Waals surface area contributed by atoms with Crippen LogP contribution in [0.15, 0.2) is 70.0 Å². The van der Waals surface area contributed by atoms with Gasteiger partial charge in [-0.05, 0) is 24.3 Å². The van der Waals surface area contributed by atoms with Gasteiger partial charge in [-0.15, -0.1) is 10.2 Å². The van der Waals surface area contributed by atoms with Crippen LogP contribution in [0, 0.1) is 11.3 Å². The van der Waals surface area contributed by atoms with Gasteiger partial charge in [0.2, 0.25) is 5.89 Å². The van der Waals surface area contributed by atoms with E-state index in [1.165, 1.54) is 0 Å². The van der Waals surface area contributed by atoms with E-state index in [0.29, 0.717) is 16.9 Å². The van der Waals surface area contributed by atoms with Crippen molar-refractivity contribution in [2.24, 2.45) is 0 Å². The number of benzene rings is 2. The van der Waals surface area contributed by atoms with Crippen molar-refractivity contribution in [1.29, 1.82) is 5.26 Å². The third-order valence-corrected chi connectivity index (χ3v) is 4.62. The fraction of sp³-hybridized carbons (Fsp3) is 0.0526. The molecule has 0 saturated carbocycles. The van der Waals surface area contributed by atoms with Gasteiger partial charge in [0, 0.05) is 5.56 Å². The minimum absolute atomic E-state index is 0.0847. The number of aromatic nitrogens is 4. The van der Waals surface area contributed by atoms with Gasteiger partial charge in [0.1, 0.15) is 17.4 Å². The number of fused-ring (bicyclic) bond motifs is 1. The first-order valence-corrected chi connectivity index (χ1v) is 9.02. The molecule has 4 aromatic rings. The van der Waals surface area contributed by atoms with Crippen LogP contribution in [0.4, 0.5) is 0 Å². The summed E-state index contributed by atoms with van der Waals surface area (Å²) in [7, 11) is 0. The largest absolute Gasteiger partial charge is 0.510 e. The third kappa shape index (κ3) is 3.54. The zero-order valence-electron chi connectivity index (χ0n) is 14.0. The first kappa shape index (κ1) is 16.9. The summed E-state index contributed by atoms with van der Waals surface area (Å²) in [5.74, 6) is 0.726. The van der Waals surface area contributed by atoms with Crippen LogP contribution in [0.3, 0.4) is 0 Å². The first-order chi connectivity index (χ1) is 13.2. The van der Waals surface area contributed by atoms with Gasteiger partial charge < -0.3 is 14.5 Å². The van der Waals surface area contributed by atoms with E-state index in [0.717, 1.165) is 28.4 Å². The molecule has 7 nitrogen and oxygen atoms in total.